The molecule has 0 bridgehead atoms. The van der Waals surface area contributed by atoms with Gasteiger partial charge in [-0.3, -0.25) is 4.79 Å². The number of H-pyrrole nitrogens is 1. The van der Waals surface area contributed by atoms with Gasteiger partial charge in [-0.15, -0.1) is 0 Å². The third kappa shape index (κ3) is 2.08. The number of allylic oxidation sites excluding steroid dienone is 1. The maximum Gasteiger partial charge on any atom is 0.205 e. The van der Waals surface area contributed by atoms with Crippen molar-refractivity contribution in [2.75, 3.05) is 0 Å². The molecule has 1 aliphatic rings. The van der Waals surface area contributed by atoms with Crippen molar-refractivity contribution in [2.24, 2.45) is 0 Å². The zero-order valence-electron chi connectivity index (χ0n) is 12.5. The van der Waals surface area contributed by atoms with Gasteiger partial charge in [0.1, 0.15) is 0 Å². The lowest BCUT2D eigenvalue weighted by Crippen LogP contribution is -2.13. The van der Waals surface area contributed by atoms with E-state index in [0.29, 0.717) is 0 Å². The summed E-state index contributed by atoms with van der Waals surface area (Å²) in [6.07, 6.45) is 3.74. The number of hydrogen-bond donors (Lipinski definition) is 1. The number of hydrogen-bond acceptors (Lipinski definition) is 1. The lowest BCUT2D eigenvalue weighted by Gasteiger charge is -2.14. The molecular weight excluding hydrogens is 270 g/mol. The van der Waals surface area contributed by atoms with Crippen molar-refractivity contribution < 1.29 is 4.79 Å². The summed E-state index contributed by atoms with van der Waals surface area (Å²) in [6.45, 7) is 2.09. The molecule has 0 fully saturated rings. The van der Waals surface area contributed by atoms with Crippen molar-refractivity contribution in [1.29, 1.82) is 0 Å². The van der Waals surface area contributed by atoms with E-state index >= 15 is 0 Å². The van der Waals surface area contributed by atoms with Crippen molar-refractivity contribution >= 4 is 22.8 Å². The van der Waals surface area contributed by atoms with Crippen LogP contribution >= 0.6 is 0 Å². The highest BCUT2D eigenvalue weighted by atomic mass is 16.1. The Bertz CT molecular complexity index is 900. The monoisotopic (exact) mass is 287 g/mol. The fourth-order valence-corrected chi connectivity index (χ4v) is 3.24. The Labute approximate surface area is 129 Å². The number of aromatic nitrogens is 1. The Hall–Kier alpha value is -2.61. The first-order chi connectivity index (χ1) is 10.7. The molecule has 1 N–H and O–H groups in total. The van der Waals surface area contributed by atoms with E-state index in [1.165, 1.54) is 16.5 Å². The predicted molar refractivity (Wildman–Crippen MR) is 90.1 cm³/mol. The summed E-state index contributed by atoms with van der Waals surface area (Å²) >= 11 is 0. The zero-order valence-corrected chi connectivity index (χ0v) is 12.5. The van der Waals surface area contributed by atoms with Gasteiger partial charge in [-0.2, -0.15) is 0 Å². The second kappa shape index (κ2) is 4.99. The molecule has 2 heteroatoms. The van der Waals surface area contributed by atoms with Gasteiger partial charge in [0.25, 0.3) is 0 Å². The Morgan fingerprint density at radius 3 is 2.68 bits per heavy atom. The number of Topliss-reactive ketones (excluding diaryl/α,β-unsaturated/α-hetero) is 1. The van der Waals surface area contributed by atoms with Crippen LogP contribution in [0.15, 0.2) is 54.1 Å². The van der Waals surface area contributed by atoms with E-state index in [9.17, 15) is 4.79 Å². The van der Waals surface area contributed by atoms with Crippen LogP contribution in [0.3, 0.4) is 0 Å². The molecule has 0 aliphatic heterocycles. The lowest BCUT2D eigenvalue weighted by atomic mass is 9.89. The first-order valence-electron chi connectivity index (χ1n) is 7.64. The highest BCUT2D eigenvalue weighted by Crippen LogP contribution is 2.32. The second-order valence-corrected chi connectivity index (χ2v) is 5.94. The number of carbonyl (C=O) groups is 1. The Kier molecular flexibility index (Phi) is 2.97. The number of benzene rings is 2. The van der Waals surface area contributed by atoms with Gasteiger partial charge in [0.15, 0.2) is 0 Å². The van der Waals surface area contributed by atoms with Crippen LogP contribution in [0.25, 0.3) is 17.0 Å². The number of nitrogens with one attached hydrogen (secondary N) is 1. The topological polar surface area (TPSA) is 32.9 Å². The number of aromatic amines is 1. The van der Waals surface area contributed by atoms with Crippen LogP contribution in [0.5, 0.6) is 0 Å². The fourth-order valence-electron chi connectivity index (χ4n) is 3.24. The third-order valence-electron chi connectivity index (χ3n) is 4.37. The van der Waals surface area contributed by atoms with Gasteiger partial charge < -0.3 is 4.98 Å². The molecule has 0 atom stereocenters. The molecule has 0 radical (unpaired) electrons. The van der Waals surface area contributed by atoms with Crippen LogP contribution in [0.4, 0.5) is 0 Å². The van der Waals surface area contributed by atoms with Crippen LogP contribution in [0.2, 0.25) is 0 Å². The molecule has 108 valence electrons. The highest BCUT2D eigenvalue weighted by Gasteiger charge is 2.25. The first kappa shape index (κ1) is 13.1. The van der Waals surface area contributed by atoms with Gasteiger partial charge in [-0.25, -0.2) is 0 Å². The van der Waals surface area contributed by atoms with Gasteiger partial charge in [0, 0.05) is 16.5 Å². The first-order valence-corrected chi connectivity index (χ1v) is 7.64. The highest BCUT2D eigenvalue weighted by molar-refractivity contribution is 6.15. The quantitative estimate of drug-likeness (QED) is 0.647. The minimum absolute atomic E-state index is 0.138. The number of carbonyl (C=O) groups excluding carboxylic acids is 1. The summed E-state index contributed by atoms with van der Waals surface area (Å²) in [5.41, 5.74) is 6.21. The Morgan fingerprint density at radius 1 is 1.05 bits per heavy atom. The summed E-state index contributed by atoms with van der Waals surface area (Å²) in [7, 11) is 0. The van der Waals surface area contributed by atoms with Gasteiger partial charge in [-0.05, 0) is 49.1 Å². The van der Waals surface area contributed by atoms with Crippen molar-refractivity contribution in [3.05, 3.63) is 76.5 Å². The van der Waals surface area contributed by atoms with E-state index in [1.807, 2.05) is 36.4 Å². The number of aryl methyl sites for hydroxylation is 2. The molecular formula is C20H17NO. The van der Waals surface area contributed by atoms with Crippen LogP contribution in [0, 0.1) is 6.92 Å². The average molecular weight is 287 g/mol. The van der Waals surface area contributed by atoms with E-state index in [1.54, 1.807) is 0 Å². The van der Waals surface area contributed by atoms with Crippen molar-refractivity contribution in [2.45, 2.75) is 19.8 Å². The van der Waals surface area contributed by atoms with Crippen molar-refractivity contribution in [1.82, 2.24) is 4.98 Å². The molecule has 1 aromatic heterocycles. The maximum absolute atomic E-state index is 12.8. The molecule has 22 heavy (non-hydrogen) atoms. The van der Waals surface area contributed by atoms with Gasteiger partial charge >= 0.3 is 0 Å². The van der Waals surface area contributed by atoms with Crippen molar-refractivity contribution in [3.63, 3.8) is 0 Å². The summed E-state index contributed by atoms with van der Waals surface area (Å²) in [6, 6.07) is 16.4. The molecule has 2 aromatic carbocycles. The molecule has 4 rings (SSSR count). The normalized spacial score (nSPS) is 16.2. The second-order valence-electron chi connectivity index (χ2n) is 5.94. The van der Waals surface area contributed by atoms with E-state index in [-0.39, 0.29) is 5.78 Å². The van der Waals surface area contributed by atoms with E-state index in [2.05, 4.69) is 30.1 Å². The summed E-state index contributed by atoms with van der Waals surface area (Å²) in [4.78, 5) is 16.1. The van der Waals surface area contributed by atoms with E-state index in [0.717, 1.165) is 35.2 Å². The molecule has 2 nitrogen and oxygen atoms in total. The standard InChI is InChI=1S/C20H17NO/c1-13-7-10-18-17(11-13)16-9-8-15(20(22)19(16)21-18)12-14-5-3-2-4-6-14/h2-7,10-12,21H,8-9H2,1H3/b15-12+. The summed E-state index contributed by atoms with van der Waals surface area (Å²) in [5.74, 6) is 0.138. The van der Waals surface area contributed by atoms with Crippen LogP contribution in [-0.2, 0) is 6.42 Å². The molecule has 0 amide bonds. The Morgan fingerprint density at radius 2 is 1.86 bits per heavy atom. The molecule has 1 aliphatic carbocycles. The van der Waals surface area contributed by atoms with E-state index < -0.39 is 0 Å². The number of ketones is 1. The molecule has 0 unspecified atom stereocenters. The van der Waals surface area contributed by atoms with Gasteiger partial charge in [0.2, 0.25) is 5.78 Å². The van der Waals surface area contributed by atoms with Crippen molar-refractivity contribution in [3.8, 4) is 0 Å². The molecule has 0 saturated heterocycles. The average Bonchev–Trinajstić information content (AvgIpc) is 2.90. The maximum atomic E-state index is 12.8. The Balaban J connectivity index is 1.81. The summed E-state index contributed by atoms with van der Waals surface area (Å²) in [5, 5.41) is 1.20. The fraction of sp³-hybridized carbons (Fsp3) is 0.150. The molecule has 0 spiro atoms. The molecule has 0 saturated carbocycles. The van der Waals surface area contributed by atoms with E-state index in [4.69, 9.17) is 0 Å². The van der Waals surface area contributed by atoms with Crippen LogP contribution in [0.1, 0.15) is 33.6 Å². The van der Waals surface area contributed by atoms with Crippen LogP contribution < -0.4 is 0 Å². The van der Waals surface area contributed by atoms with Gasteiger partial charge in [-0.1, -0.05) is 42.0 Å². The zero-order chi connectivity index (χ0) is 15.1. The smallest absolute Gasteiger partial charge is 0.205 e. The van der Waals surface area contributed by atoms with Gasteiger partial charge in [0.05, 0.1) is 5.69 Å². The molecule has 1 heterocycles. The minimum atomic E-state index is 0.138. The minimum Gasteiger partial charge on any atom is -0.352 e. The van der Waals surface area contributed by atoms with Crippen LogP contribution in [-0.4, -0.2) is 10.8 Å². The number of rotatable bonds is 1. The SMILES string of the molecule is Cc1ccc2[nH]c3c(c2c1)CC/C(=C\c1ccccc1)C3=O. The predicted octanol–water partition coefficient (Wildman–Crippen LogP) is 4.69. The third-order valence-corrected chi connectivity index (χ3v) is 4.37. The largest absolute Gasteiger partial charge is 0.352 e. The summed E-state index contributed by atoms with van der Waals surface area (Å²) < 4.78 is 0. The molecule has 3 aromatic rings. The number of fused-ring (bicyclic) bond motifs is 3. The lowest BCUT2D eigenvalue weighted by molar-refractivity contribution is 0.102.